The van der Waals surface area contributed by atoms with Gasteiger partial charge in [0.15, 0.2) is 11.5 Å². The minimum absolute atomic E-state index is 0.185. The number of para-hydroxylation sites is 1. The van der Waals surface area contributed by atoms with E-state index in [0.29, 0.717) is 34.1 Å². The third kappa shape index (κ3) is 3.30. The molecule has 0 fully saturated rings. The molecule has 0 aliphatic carbocycles. The molecule has 3 rings (SSSR count). The first kappa shape index (κ1) is 18.6. The number of cyclic esters (lactones) is 1. The summed E-state index contributed by atoms with van der Waals surface area (Å²) in [6.07, 6.45) is 1.77. The van der Waals surface area contributed by atoms with Crippen LogP contribution in [0.15, 0.2) is 30.3 Å². The van der Waals surface area contributed by atoms with Gasteiger partial charge in [-0.05, 0) is 38.1 Å². The number of nitrogens with zero attached hydrogens (tertiary/aromatic N) is 1. The summed E-state index contributed by atoms with van der Waals surface area (Å²) in [5.41, 5.74) is 2.53. The second kappa shape index (κ2) is 7.61. The highest BCUT2D eigenvalue weighted by molar-refractivity contribution is 6.07. The number of esters is 1. The quantitative estimate of drug-likeness (QED) is 0.779. The number of hydrogen-bond donors (Lipinski definition) is 1. The lowest BCUT2D eigenvalue weighted by atomic mass is 10.0. The van der Waals surface area contributed by atoms with E-state index in [2.05, 4.69) is 0 Å². The molecule has 27 heavy (non-hydrogen) atoms. The maximum atomic E-state index is 12.3. The highest BCUT2D eigenvalue weighted by Gasteiger charge is 2.29. The topological polar surface area (TPSA) is 68.2 Å². The number of ether oxygens (including phenoxy) is 3. The number of hydrogen-bond acceptors (Lipinski definition) is 6. The Morgan fingerprint density at radius 3 is 2.30 bits per heavy atom. The van der Waals surface area contributed by atoms with Crippen LogP contribution in [0.3, 0.4) is 0 Å². The lowest BCUT2D eigenvalue weighted by Gasteiger charge is -2.24. The first-order valence-electron chi connectivity index (χ1n) is 8.81. The zero-order chi connectivity index (χ0) is 19.6. The number of phenolic OH excluding ortho intramolecular Hbond substituents is 1. The lowest BCUT2D eigenvalue weighted by molar-refractivity contribution is 0.0717. The van der Waals surface area contributed by atoms with Gasteiger partial charge < -0.3 is 24.2 Å². The average molecular weight is 369 g/mol. The molecule has 2 aromatic rings. The van der Waals surface area contributed by atoms with Crippen molar-refractivity contribution in [3.05, 3.63) is 47.0 Å². The van der Waals surface area contributed by atoms with Crippen molar-refractivity contribution in [1.29, 1.82) is 0 Å². The van der Waals surface area contributed by atoms with Gasteiger partial charge in [0.05, 0.1) is 25.5 Å². The van der Waals surface area contributed by atoms with Crippen LogP contribution < -0.4 is 14.4 Å². The van der Waals surface area contributed by atoms with E-state index in [1.54, 1.807) is 37.5 Å². The van der Waals surface area contributed by atoms with Gasteiger partial charge >= 0.3 is 5.97 Å². The number of carbonyl (C=O) groups is 1. The predicted octanol–water partition coefficient (Wildman–Crippen LogP) is 3.92. The summed E-state index contributed by atoms with van der Waals surface area (Å²) in [6.45, 7) is 5.53. The van der Waals surface area contributed by atoms with E-state index in [1.807, 2.05) is 24.8 Å². The number of carbonyl (C=O) groups excluding carboxylic acids is 1. The first-order valence-corrected chi connectivity index (χ1v) is 8.81. The fourth-order valence-electron chi connectivity index (χ4n) is 3.26. The third-order valence-electron chi connectivity index (χ3n) is 4.62. The molecule has 0 amide bonds. The van der Waals surface area contributed by atoms with Crippen molar-refractivity contribution >= 4 is 23.5 Å². The second-order valence-corrected chi connectivity index (χ2v) is 6.04. The van der Waals surface area contributed by atoms with Gasteiger partial charge in [0.2, 0.25) is 0 Å². The summed E-state index contributed by atoms with van der Waals surface area (Å²) in [7, 11) is 3.06. The van der Waals surface area contributed by atoms with E-state index in [1.165, 1.54) is 7.11 Å². The summed E-state index contributed by atoms with van der Waals surface area (Å²) < 4.78 is 16.1. The average Bonchev–Trinajstić information content (AvgIpc) is 2.98. The number of fused-ring (bicyclic) bond motifs is 1. The van der Waals surface area contributed by atoms with Crippen molar-refractivity contribution < 1.29 is 24.1 Å². The van der Waals surface area contributed by atoms with Crippen LogP contribution in [-0.4, -0.2) is 38.4 Å². The molecule has 0 unspecified atom stereocenters. The number of rotatable bonds is 6. The van der Waals surface area contributed by atoms with Crippen LogP contribution in [0.4, 0.5) is 5.69 Å². The van der Waals surface area contributed by atoms with Gasteiger partial charge in [0.1, 0.15) is 11.5 Å². The van der Waals surface area contributed by atoms with E-state index in [-0.39, 0.29) is 5.75 Å². The van der Waals surface area contributed by atoms with Gasteiger partial charge in [-0.3, -0.25) is 0 Å². The van der Waals surface area contributed by atoms with E-state index >= 15 is 0 Å². The van der Waals surface area contributed by atoms with Gasteiger partial charge in [0.25, 0.3) is 0 Å². The molecule has 0 saturated carbocycles. The van der Waals surface area contributed by atoms with E-state index in [0.717, 1.165) is 18.7 Å². The van der Waals surface area contributed by atoms with Crippen LogP contribution in [0.25, 0.3) is 11.8 Å². The molecule has 1 aliphatic heterocycles. The molecule has 6 nitrogen and oxygen atoms in total. The molecule has 0 bridgehead atoms. The van der Waals surface area contributed by atoms with Crippen molar-refractivity contribution in [2.75, 3.05) is 32.2 Å². The zero-order valence-corrected chi connectivity index (χ0v) is 15.9. The zero-order valence-electron chi connectivity index (χ0n) is 15.9. The first-order chi connectivity index (χ1) is 13.0. The Bertz CT molecular complexity index is 900. The number of anilines is 1. The van der Waals surface area contributed by atoms with Crippen molar-refractivity contribution in [3.8, 4) is 17.2 Å². The number of phenols is 1. The molecular formula is C21H23NO5. The Labute approximate surface area is 158 Å². The Morgan fingerprint density at radius 2 is 1.70 bits per heavy atom. The highest BCUT2D eigenvalue weighted by atomic mass is 16.5. The third-order valence-corrected chi connectivity index (χ3v) is 4.62. The molecule has 0 atom stereocenters. The van der Waals surface area contributed by atoms with Gasteiger partial charge in [-0.2, -0.15) is 0 Å². The standard InChI is InChI=1S/C21H23NO5/c1-5-22(6-2)20-13(8-7-9-16(20)23)10-17-14-11-18(25-3)19(26-4)12-15(14)21(24)27-17/h7-12,23H,5-6H2,1-4H3/b17-10-. The van der Waals surface area contributed by atoms with E-state index in [9.17, 15) is 9.90 Å². The smallest absolute Gasteiger partial charge is 0.344 e. The van der Waals surface area contributed by atoms with Crippen LogP contribution in [0, 0.1) is 0 Å². The fourth-order valence-corrected chi connectivity index (χ4v) is 3.26. The largest absolute Gasteiger partial charge is 0.506 e. The summed E-state index contributed by atoms with van der Waals surface area (Å²) in [6, 6.07) is 8.64. The van der Waals surface area contributed by atoms with Crippen LogP contribution in [0.2, 0.25) is 0 Å². The summed E-state index contributed by atoms with van der Waals surface area (Å²) in [5.74, 6) is 1.14. The van der Waals surface area contributed by atoms with Crippen LogP contribution in [0.1, 0.15) is 35.3 Å². The molecule has 2 aromatic carbocycles. The fraction of sp³-hybridized carbons (Fsp3) is 0.286. The molecule has 0 spiro atoms. The maximum Gasteiger partial charge on any atom is 0.344 e. The lowest BCUT2D eigenvalue weighted by Crippen LogP contribution is -2.22. The number of benzene rings is 2. The Morgan fingerprint density at radius 1 is 1.07 bits per heavy atom. The van der Waals surface area contributed by atoms with Crippen molar-refractivity contribution in [3.63, 3.8) is 0 Å². The molecule has 142 valence electrons. The molecule has 0 aromatic heterocycles. The van der Waals surface area contributed by atoms with Crippen LogP contribution >= 0.6 is 0 Å². The van der Waals surface area contributed by atoms with Gasteiger partial charge in [-0.15, -0.1) is 0 Å². The highest BCUT2D eigenvalue weighted by Crippen LogP contribution is 2.41. The van der Waals surface area contributed by atoms with Gasteiger partial charge in [-0.1, -0.05) is 12.1 Å². The molecule has 0 saturated heterocycles. The van der Waals surface area contributed by atoms with Crippen molar-refractivity contribution in [2.45, 2.75) is 13.8 Å². The minimum Gasteiger partial charge on any atom is -0.506 e. The van der Waals surface area contributed by atoms with Gasteiger partial charge in [0, 0.05) is 24.2 Å². The minimum atomic E-state index is -0.443. The predicted molar refractivity (Wildman–Crippen MR) is 105 cm³/mol. The maximum absolute atomic E-state index is 12.3. The molecule has 6 heteroatoms. The Kier molecular flexibility index (Phi) is 5.26. The SMILES string of the molecule is CCN(CC)c1c(O)cccc1/C=C1\OC(=O)c2cc(OC)c(OC)cc21. The monoisotopic (exact) mass is 369 g/mol. The molecule has 0 radical (unpaired) electrons. The summed E-state index contributed by atoms with van der Waals surface area (Å²) in [5, 5.41) is 10.4. The van der Waals surface area contributed by atoms with E-state index in [4.69, 9.17) is 14.2 Å². The molecule has 1 heterocycles. The van der Waals surface area contributed by atoms with Crippen molar-refractivity contribution in [1.82, 2.24) is 0 Å². The molecule has 1 aliphatic rings. The normalized spacial score (nSPS) is 14.1. The number of aromatic hydroxyl groups is 1. The van der Waals surface area contributed by atoms with Gasteiger partial charge in [-0.25, -0.2) is 4.79 Å². The summed E-state index contributed by atoms with van der Waals surface area (Å²) in [4.78, 5) is 14.4. The number of methoxy groups -OCH3 is 2. The Hall–Kier alpha value is -3.15. The Balaban J connectivity index is 2.14. The van der Waals surface area contributed by atoms with E-state index < -0.39 is 5.97 Å². The van der Waals surface area contributed by atoms with Crippen LogP contribution in [0.5, 0.6) is 17.2 Å². The second-order valence-electron chi connectivity index (χ2n) is 6.04. The summed E-state index contributed by atoms with van der Waals surface area (Å²) >= 11 is 0. The molecular weight excluding hydrogens is 346 g/mol. The molecule has 1 N–H and O–H groups in total. The van der Waals surface area contributed by atoms with Crippen molar-refractivity contribution in [2.24, 2.45) is 0 Å². The van der Waals surface area contributed by atoms with Crippen LogP contribution in [-0.2, 0) is 4.74 Å².